The molecule has 5 nitrogen and oxygen atoms in total. The number of likely N-dealkylation sites (tertiary alicyclic amines) is 1. The zero-order valence-corrected chi connectivity index (χ0v) is 13.5. The van der Waals surface area contributed by atoms with E-state index in [9.17, 15) is 9.59 Å². The van der Waals surface area contributed by atoms with Crippen LogP contribution in [-0.4, -0.2) is 42.5 Å². The molecule has 0 unspecified atom stereocenters. The molecule has 1 saturated heterocycles. The summed E-state index contributed by atoms with van der Waals surface area (Å²) in [7, 11) is 1.77. The molecule has 2 rings (SSSR count). The second kappa shape index (κ2) is 7.29. The molecule has 1 heterocycles. The van der Waals surface area contributed by atoms with Gasteiger partial charge in [0.2, 0.25) is 5.91 Å². The van der Waals surface area contributed by atoms with Crippen molar-refractivity contribution < 1.29 is 14.3 Å². The summed E-state index contributed by atoms with van der Waals surface area (Å²) in [4.78, 5) is 25.5. The van der Waals surface area contributed by atoms with Crippen LogP contribution >= 0.6 is 0 Å². The van der Waals surface area contributed by atoms with Gasteiger partial charge in [0.05, 0.1) is 0 Å². The van der Waals surface area contributed by atoms with Crippen LogP contribution in [-0.2, 0) is 9.59 Å². The Hall–Kier alpha value is -2.04. The lowest BCUT2D eigenvalue weighted by Crippen LogP contribution is -2.51. The van der Waals surface area contributed by atoms with Crippen molar-refractivity contribution in [1.29, 1.82) is 0 Å². The lowest BCUT2D eigenvalue weighted by molar-refractivity contribution is -0.135. The second-order valence-corrected chi connectivity index (χ2v) is 5.85. The Morgan fingerprint density at radius 1 is 1.50 bits per heavy atom. The maximum absolute atomic E-state index is 12.4. The van der Waals surface area contributed by atoms with Crippen molar-refractivity contribution in [2.75, 3.05) is 13.6 Å². The number of nitrogens with one attached hydrogen (secondary N) is 1. The number of carbonyl (C=O) groups is 2. The van der Waals surface area contributed by atoms with Gasteiger partial charge in [0.1, 0.15) is 5.75 Å². The molecule has 0 aliphatic carbocycles. The molecule has 1 fully saturated rings. The number of carbonyl (C=O) groups excluding carboxylic acids is 2. The van der Waals surface area contributed by atoms with Crippen molar-refractivity contribution in [1.82, 2.24) is 10.2 Å². The minimum Gasteiger partial charge on any atom is -0.481 e. The van der Waals surface area contributed by atoms with Gasteiger partial charge in [0.15, 0.2) is 6.10 Å². The summed E-state index contributed by atoms with van der Waals surface area (Å²) in [6.45, 7) is 4.48. The second-order valence-electron chi connectivity index (χ2n) is 5.85. The van der Waals surface area contributed by atoms with Crippen molar-refractivity contribution in [2.45, 2.75) is 45.3 Å². The highest BCUT2D eigenvalue weighted by Gasteiger charge is 2.27. The van der Waals surface area contributed by atoms with Crippen LogP contribution in [0.15, 0.2) is 24.3 Å². The van der Waals surface area contributed by atoms with Crippen LogP contribution < -0.4 is 10.1 Å². The van der Waals surface area contributed by atoms with Gasteiger partial charge in [-0.25, -0.2) is 0 Å². The first-order valence-corrected chi connectivity index (χ1v) is 7.77. The molecule has 2 atom stereocenters. The topological polar surface area (TPSA) is 58.6 Å². The van der Waals surface area contributed by atoms with Gasteiger partial charge in [-0.05, 0) is 37.5 Å². The van der Waals surface area contributed by atoms with E-state index in [0.29, 0.717) is 31.6 Å². The minimum absolute atomic E-state index is 0.00496. The Morgan fingerprint density at radius 2 is 2.27 bits per heavy atom. The van der Waals surface area contributed by atoms with Gasteiger partial charge in [-0.2, -0.15) is 0 Å². The van der Waals surface area contributed by atoms with Crippen molar-refractivity contribution >= 4 is 11.8 Å². The van der Waals surface area contributed by atoms with E-state index in [0.717, 1.165) is 5.56 Å². The fraction of sp³-hybridized carbons (Fsp3) is 0.529. The number of likely N-dealkylation sites (N-methyl/N-ethyl adjacent to an activating group) is 1. The normalized spacial score (nSPS) is 19.7. The maximum atomic E-state index is 12.4. The summed E-state index contributed by atoms with van der Waals surface area (Å²) < 4.78 is 5.80. The predicted octanol–water partition coefficient (Wildman–Crippen LogP) is 1.89. The Labute approximate surface area is 131 Å². The average molecular weight is 304 g/mol. The third-order valence-electron chi connectivity index (χ3n) is 3.90. The first-order valence-electron chi connectivity index (χ1n) is 7.77. The molecular weight excluding hydrogens is 280 g/mol. The monoisotopic (exact) mass is 304 g/mol. The highest BCUT2D eigenvalue weighted by atomic mass is 16.5. The van der Waals surface area contributed by atoms with E-state index in [2.05, 4.69) is 5.32 Å². The van der Waals surface area contributed by atoms with E-state index >= 15 is 0 Å². The SMILES string of the molecule is CC[C@H](Oc1cccc(C)c1)C(=O)N[C@H]1CCC(=O)N(C)C1. The highest BCUT2D eigenvalue weighted by molar-refractivity contribution is 5.82. The van der Waals surface area contributed by atoms with Crippen LogP contribution in [0.25, 0.3) is 0 Å². The van der Waals surface area contributed by atoms with Crippen molar-refractivity contribution in [3.63, 3.8) is 0 Å². The molecule has 0 radical (unpaired) electrons. The van der Waals surface area contributed by atoms with Crippen molar-refractivity contribution in [3.05, 3.63) is 29.8 Å². The molecule has 120 valence electrons. The summed E-state index contributed by atoms with van der Waals surface area (Å²) in [5.74, 6) is 0.725. The quantitative estimate of drug-likeness (QED) is 0.904. The molecule has 1 N–H and O–H groups in total. The Morgan fingerprint density at radius 3 is 2.91 bits per heavy atom. The molecule has 0 aromatic heterocycles. The number of hydrogen-bond acceptors (Lipinski definition) is 3. The number of ether oxygens (including phenoxy) is 1. The zero-order valence-electron chi connectivity index (χ0n) is 13.5. The van der Waals surface area contributed by atoms with Crippen LogP contribution in [0.4, 0.5) is 0 Å². The van der Waals surface area contributed by atoms with E-state index in [1.807, 2.05) is 38.1 Å². The molecule has 1 aliphatic rings. The van der Waals surface area contributed by atoms with Crippen molar-refractivity contribution in [2.24, 2.45) is 0 Å². The summed E-state index contributed by atoms with van der Waals surface area (Å²) in [5, 5.41) is 3.00. The van der Waals surface area contributed by atoms with Crippen LogP contribution in [0.1, 0.15) is 31.7 Å². The van der Waals surface area contributed by atoms with E-state index in [-0.39, 0.29) is 17.9 Å². The van der Waals surface area contributed by atoms with Gasteiger partial charge in [-0.15, -0.1) is 0 Å². The highest BCUT2D eigenvalue weighted by Crippen LogP contribution is 2.16. The summed E-state index contributed by atoms with van der Waals surface area (Å²) in [6, 6.07) is 7.68. The molecule has 1 aromatic rings. The summed E-state index contributed by atoms with van der Waals surface area (Å²) >= 11 is 0. The summed E-state index contributed by atoms with van der Waals surface area (Å²) in [6.07, 6.45) is 1.26. The largest absolute Gasteiger partial charge is 0.481 e. The van der Waals surface area contributed by atoms with Crippen LogP contribution in [0.2, 0.25) is 0 Å². The molecule has 0 saturated carbocycles. The van der Waals surface area contributed by atoms with Gasteiger partial charge < -0.3 is 15.0 Å². The standard InChI is InChI=1S/C17H24N2O3/c1-4-15(22-14-7-5-6-12(2)10-14)17(21)18-13-8-9-16(20)19(3)11-13/h5-7,10,13,15H,4,8-9,11H2,1-3H3,(H,18,21)/t13-,15-/m0/s1. The molecule has 5 heteroatoms. The number of rotatable bonds is 5. The van der Waals surface area contributed by atoms with Crippen LogP contribution in [0, 0.1) is 6.92 Å². The Kier molecular flexibility index (Phi) is 5.41. The van der Waals surface area contributed by atoms with E-state index in [1.165, 1.54) is 0 Å². The van der Waals surface area contributed by atoms with Crippen LogP contribution in [0.3, 0.4) is 0 Å². The molecule has 2 amide bonds. The third-order valence-corrected chi connectivity index (χ3v) is 3.90. The number of amides is 2. The van der Waals surface area contributed by atoms with Gasteiger partial charge >= 0.3 is 0 Å². The molecule has 22 heavy (non-hydrogen) atoms. The molecule has 1 aromatic carbocycles. The number of hydrogen-bond donors (Lipinski definition) is 1. The van der Waals surface area contributed by atoms with E-state index in [1.54, 1.807) is 11.9 Å². The Balaban J connectivity index is 1.93. The van der Waals surface area contributed by atoms with Crippen molar-refractivity contribution in [3.8, 4) is 5.75 Å². The lowest BCUT2D eigenvalue weighted by atomic mass is 10.1. The average Bonchev–Trinajstić information content (AvgIpc) is 2.48. The first kappa shape index (κ1) is 16.3. The maximum Gasteiger partial charge on any atom is 0.261 e. The fourth-order valence-electron chi connectivity index (χ4n) is 2.60. The number of piperidine rings is 1. The summed E-state index contributed by atoms with van der Waals surface area (Å²) in [5.41, 5.74) is 1.10. The van der Waals surface area contributed by atoms with Gasteiger partial charge in [0.25, 0.3) is 5.91 Å². The smallest absolute Gasteiger partial charge is 0.261 e. The van der Waals surface area contributed by atoms with Gasteiger partial charge in [-0.1, -0.05) is 19.1 Å². The number of benzene rings is 1. The molecule has 0 spiro atoms. The number of aryl methyl sites for hydroxylation is 1. The fourth-order valence-corrected chi connectivity index (χ4v) is 2.60. The first-order chi connectivity index (χ1) is 10.5. The lowest BCUT2D eigenvalue weighted by Gasteiger charge is -2.31. The zero-order chi connectivity index (χ0) is 16.1. The molecule has 1 aliphatic heterocycles. The molecule has 0 bridgehead atoms. The number of nitrogens with zero attached hydrogens (tertiary/aromatic N) is 1. The van der Waals surface area contributed by atoms with E-state index in [4.69, 9.17) is 4.74 Å². The van der Waals surface area contributed by atoms with Crippen LogP contribution in [0.5, 0.6) is 5.75 Å². The minimum atomic E-state index is -0.510. The molecular formula is C17H24N2O3. The van der Waals surface area contributed by atoms with Gasteiger partial charge in [-0.3, -0.25) is 9.59 Å². The predicted molar refractivity (Wildman–Crippen MR) is 84.7 cm³/mol. The third kappa shape index (κ3) is 4.23. The Bertz CT molecular complexity index is 544. The van der Waals surface area contributed by atoms with Gasteiger partial charge in [0, 0.05) is 26.1 Å². The van der Waals surface area contributed by atoms with E-state index < -0.39 is 6.10 Å².